The van der Waals surface area contributed by atoms with Crippen molar-refractivity contribution in [2.45, 2.75) is 4.90 Å². The van der Waals surface area contributed by atoms with E-state index in [1.807, 2.05) is 0 Å². The second-order valence-corrected chi connectivity index (χ2v) is 5.34. The highest BCUT2D eigenvalue weighted by Gasteiger charge is 2.16. The van der Waals surface area contributed by atoms with E-state index < -0.39 is 4.92 Å². The Hall–Kier alpha value is -1.85. The molecule has 4 nitrogen and oxygen atoms in total. The molecule has 0 amide bonds. The molecule has 0 spiro atoms. The van der Waals surface area contributed by atoms with Crippen LogP contribution in [0.15, 0.2) is 53.4 Å². The fraction of sp³-hybridized carbons (Fsp3) is 0.0714. The van der Waals surface area contributed by atoms with E-state index in [2.05, 4.69) is 0 Å². The van der Waals surface area contributed by atoms with Gasteiger partial charge in [-0.15, -0.1) is 11.8 Å². The number of halogens is 1. The van der Waals surface area contributed by atoms with Gasteiger partial charge in [-0.25, -0.2) is 0 Å². The van der Waals surface area contributed by atoms with Crippen LogP contribution in [0.1, 0.15) is 10.4 Å². The zero-order valence-corrected chi connectivity index (χ0v) is 11.9. The van der Waals surface area contributed by atoms with Gasteiger partial charge in [0, 0.05) is 11.6 Å². The lowest BCUT2D eigenvalue weighted by Crippen LogP contribution is -2.03. The van der Waals surface area contributed by atoms with Crippen LogP contribution in [0.5, 0.6) is 0 Å². The molecule has 0 fully saturated rings. The van der Waals surface area contributed by atoms with Crippen molar-refractivity contribution in [2.75, 3.05) is 5.75 Å². The lowest BCUT2D eigenvalue weighted by atomic mass is 10.1. The first-order valence-corrected chi connectivity index (χ1v) is 7.10. The quantitative estimate of drug-likeness (QED) is 0.359. The molecule has 0 radical (unpaired) electrons. The lowest BCUT2D eigenvalue weighted by Gasteiger charge is -2.04. The number of nitrogens with zero attached hydrogens (tertiary/aromatic N) is 1. The molecule has 0 saturated heterocycles. The Bertz CT molecular complexity index is 660. The van der Waals surface area contributed by atoms with Crippen LogP contribution in [0.2, 0.25) is 5.02 Å². The van der Waals surface area contributed by atoms with Gasteiger partial charge < -0.3 is 0 Å². The number of rotatable bonds is 5. The summed E-state index contributed by atoms with van der Waals surface area (Å²) in [6.07, 6.45) is 0. The molecule has 0 aliphatic heterocycles. The van der Waals surface area contributed by atoms with Gasteiger partial charge in [0.25, 0.3) is 5.69 Å². The molecule has 2 aromatic rings. The van der Waals surface area contributed by atoms with Crippen LogP contribution >= 0.6 is 23.4 Å². The van der Waals surface area contributed by atoms with Crippen molar-refractivity contribution in [1.82, 2.24) is 0 Å². The number of nitro benzene ring substituents is 1. The Morgan fingerprint density at radius 3 is 2.50 bits per heavy atom. The highest BCUT2D eigenvalue weighted by molar-refractivity contribution is 8.00. The van der Waals surface area contributed by atoms with E-state index in [4.69, 9.17) is 11.6 Å². The first-order chi connectivity index (χ1) is 9.59. The van der Waals surface area contributed by atoms with E-state index in [0.29, 0.717) is 15.5 Å². The summed E-state index contributed by atoms with van der Waals surface area (Å²) >= 11 is 7.08. The molecule has 0 unspecified atom stereocenters. The number of para-hydroxylation sites is 1. The van der Waals surface area contributed by atoms with Crippen molar-refractivity contribution < 1.29 is 9.72 Å². The van der Waals surface area contributed by atoms with Gasteiger partial charge >= 0.3 is 0 Å². The molecule has 0 aromatic heterocycles. The molecule has 0 atom stereocenters. The number of nitro groups is 1. The van der Waals surface area contributed by atoms with Crippen molar-refractivity contribution in [3.63, 3.8) is 0 Å². The Balaban J connectivity index is 2.12. The van der Waals surface area contributed by atoms with Gasteiger partial charge in [-0.3, -0.25) is 14.9 Å². The Labute approximate surface area is 124 Å². The highest BCUT2D eigenvalue weighted by atomic mass is 35.5. The Morgan fingerprint density at radius 2 is 1.80 bits per heavy atom. The van der Waals surface area contributed by atoms with E-state index in [1.165, 1.54) is 6.07 Å². The molecule has 2 rings (SSSR count). The maximum absolute atomic E-state index is 12.0. The molecule has 0 N–H and O–H groups in total. The van der Waals surface area contributed by atoms with Crippen LogP contribution in [0, 0.1) is 10.1 Å². The largest absolute Gasteiger partial charge is 0.293 e. The van der Waals surface area contributed by atoms with Gasteiger partial charge in [0.1, 0.15) is 0 Å². The maximum Gasteiger partial charge on any atom is 0.282 e. The predicted molar refractivity (Wildman–Crippen MR) is 79.6 cm³/mol. The maximum atomic E-state index is 12.0. The molecule has 0 aliphatic carbocycles. The third kappa shape index (κ3) is 3.37. The minimum Gasteiger partial charge on any atom is -0.293 e. The zero-order valence-electron chi connectivity index (χ0n) is 10.3. The van der Waals surface area contributed by atoms with E-state index in [-0.39, 0.29) is 17.2 Å². The fourth-order valence-corrected chi connectivity index (χ4v) is 2.79. The molecular weight excluding hydrogens is 298 g/mol. The van der Waals surface area contributed by atoms with E-state index in [0.717, 1.165) is 11.8 Å². The SMILES string of the molecule is O=C(CSc1ccccc1[N+](=O)[O-])c1ccccc1Cl. The van der Waals surface area contributed by atoms with Crippen molar-refractivity contribution >= 4 is 34.8 Å². The normalized spacial score (nSPS) is 10.2. The molecular formula is C14H10ClNO3S. The smallest absolute Gasteiger partial charge is 0.282 e. The zero-order chi connectivity index (χ0) is 14.5. The molecule has 6 heteroatoms. The molecule has 0 heterocycles. The van der Waals surface area contributed by atoms with Gasteiger partial charge in [-0.05, 0) is 18.2 Å². The Morgan fingerprint density at radius 1 is 1.15 bits per heavy atom. The highest BCUT2D eigenvalue weighted by Crippen LogP contribution is 2.29. The fourth-order valence-electron chi connectivity index (χ4n) is 1.64. The minimum atomic E-state index is -0.456. The standard InChI is InChI=1S/C14H10ClNO3S/c15-11-6-2-1-5-10(11)13(17)9-20-14-8-4-3-7-12(14)16(18)19/h1-8H,9H2. The van der Waals surface area contributed by atoms with Crippen LogP contribution in [0.4, 0.5) is 5.69 Å². The van der Waals surface area contributed by atoms with Crippen LogP contribution in [0.25, 0.3) is 0 Å². The third-order valence-corrected chi connectivity index (χ3v) is 3.99. The minimum absolute atomic E-state index is 0.00413. The molecule has 2 aromatic carbocycles. The Kier molecular flexibility index (Phi) is 4.76. The van der Waals surface area contributed by atoms with Gasteiger partial charge in [-0.2, -0.15) is 0 Å². The van der Waals surface area contributed by atoms with Crippen molar-refractivity contribution in [1.29, 1.82) is 0 Å². The summed E-state index contributed by atoms with van der Waals surface area (Å²) in [6.45, 7) is 0. The van der Waals surface area contributed by atoms with E-state index >= 15 is 0 Å². The summed E-state index contributed by atoms with van der Waals surface area (Å²) < 4.78 is 0. The number of hydrogen-bond donors (Lipinski definition) is 0. The van der Waals surface area contributed by atoms with Crippen molar-refractivity contribution in [3.05, 3.63) is 69.2 Å². The molecule has 20 heavy (non-hydrogen) atoms. The summed E-state index contributed by atoms with van der Waals surface area (Å²) in [6, 6.07) is 13.1. The molecule has 0 saturated carbocycles. The summed E-state index contributed by atoms with van der Waals surface area (Å²) in [7, 11) is 0. The van der Waals surface area contributed by atoms with Gasteiger partial charge in [-0.1, -0.05) is 35.9 Å². The first kappa shape index (κ1) is 14.6. The topological polar surface area (TPSA) is 60.2 Å². The second kappa shape index (κ2) is 6.54. The van der Waals surface area contributed by atoms with Crippen molar-refractivity contribution in [2.24, 2.45) is 0 Å². The number of carbonyl (C=O) groups excluding carboxylic acids is 1. The number of benzene rings is 2. The third-order valence-electron chi connectivity index (χ3n) is 2.59. The molecule has 0 aliphatic rings. The summed E-state index contributed by atoms with van der Waals surface area (Å²) in [4.78, 5) is 22.9. The van der Waals surface area contributed by atoms with Crippen molar-refractivity contribution in [3.8, 4) is 0 Å². The van der Waals surface area contributed by atoms with E-state index in [9.17, 15) is 14.9 Å². The number of Topliss-reactive ketones (excluding diaryl/α,β-unsaturated/α-hetero) is 1. The molecule has 0 bridgehead atoms. The average molecular weight is 308 g/mol. The average Bonchev–Trinajstić information content (AvgIpc) is 2.45. The second-order valence-electron chi connectivity index (χ2n) is 3.92. The van der Waals surface area contributed by atoms with Crippen LogP contribution in [-0.2, 0) is 0 Å². The van der Waals surface area contributed by atoms with Gasteiger partial charge in [0.15, 0.2) is 5.78 Å². The summed E-state index contributed by atoms with van der Waals surface area (Å²) in [5.74, 6) is -0.0482. The van der Waals surface area contributed by atoms with Crippen LogP contribution < -0.4 is 0 Å². The molecule has 102 valence electrons. The monoisotopic (exact) mass is 307 g/mol. The summed E-state index contributed by atoms with van der Waals surface area (Å²) in [5.41, 5.74) is 0.435. The predicted octanol–water partition coefficient (Wildman–Crippen LogP) is 4.22. The van der Waals surface area contributed by atoms with Gasteiger partial charge in [0.05, 0.1) is 20.6 Å². The van der Waals surface area contributed by atoms with Crippen LogP contribution in [-0.4, -0.2) is 16.5 Å². The number of ketones is 1. The van der Waals surface area contributed by atoms with E-state index in [1.54, 1.807) is 42.5 Å². The lowest BCUT2D eigenvalue weighted by molar-refractivity contribution is -0.387. The first-order valence-electron chi connectivity index (χ1n) is 5.73. The number of thioether (sulfide) groups is 1. The number of carbonyl (C=O) groups is 1. The summed E-state index contributed by atoms with van der Waals surface area (Å²) in [5, 5.41) is 11.3. The van der Waals surface area contributed by atoms with Gasteiger partial charge in [0.2, 0.25) is 0 Å². The van der Waals surface area contributed by atoms with Crippen LogP contribution in [0.3, 0.4) is 0 Å². The number of hydrogen-bond acceptors (Lipinski definition) is 4.